The Bertz CT molecular complexity index is 237. The average Bonchev–Trinajstić information content (AvgIpc) is 1.94. The Balaban J connectivity index is 3.09. The fraction of sp³-hybridized carbons (Fsp3) is 0.167. The van der Waals surface area contributed by atoms with Crippen molar-refractivity contribution in [2.24, 2.45) is 5.73 Å². The molecule has 0 unspecified atom stereocenters. The summed E-state index contributed by atoms with van der Waals surface area (Å²) in [6.07, 6.45) is 0.817. The number of nitrogens with zero attached hydrogens (tertiary/aromatic N) is 1. The van der Waals surface area contributed by atoms with Crippen LogP contribution in [0.3, 0.4) is 0 Å². The minimum Gasteiger partial charge on any atom is -0.326 e. The summed E-state index contributed by atoms with van der Waals surface area (Å²) in [7, 11) is 0. The lowest BCUT2D eigenvalue weighted by Crippen LogP contribution is -2.01. The Labute approximate surface area is 56.7 Å². The summed E-state index contributed by atoms with van der Waals surface area (Å²) in [6.45, 7) is -0.00866. The molecule has 1 aromatic heterocycles. The van der Waals surface area contributed by atoms with E-state index in [9.17, 15) is 8.78 Å². The molecule has 1 aromatic rings. The van der Waals surface area contributed by atoms with Crippen LogP contribution in [0, 0.1) is 11.8 Å². The molecule has 0 atom stereocenters. The largest absolute Gasteiger partial charge is 0.326 e. The van der Waals surface area contributed by atoms with E-state index in [0.717, 1.165) is 12.3 Å². The first kappa shape index (κ1) is 7.08. The molecule has 0 saturated carbocycles. The van der Waals surface area contributed by atoms with E-state index in [1.54, 1.807) is 0 Å². The molecule has 2 N–H and O–H groups in total. The van der Waals surface area contributed by atoms with Crippen molar-refractivity contribution in [3.05, 3.63) is 29.6 Å². The quantitative estimate of drug-likeness (QED) is 0.592. The number of hydrogen-bond acceptors (Lipinski definition) is 2. The molecule has 54 valence electrons. The van der Waals surface area contributed by atoms with Crippen LogP contribution in [0.15, 0.2) is 12.3 Å². The third-order valence-electron chi connectivity index (χ3n) is 1.12. The number of hydrogen-bond donors (Lipinski definition) is 1. The van der Waals surface area contributed by atoms with Crippen LogP contribution >= 0.6 is 0 Å². The van der Waals surface area contributed by atoms with Gasteiger partial charge in [-0.2, -0.15) is 4.39 Å². The van der Waals surface area contributed by atoms with Gasteiger partial charge in [-0.1, -0.05) is 0 Å². The molecule has 0 amide bonds. The molecule has 1 heterocycles. The van der Waals surface area contributed by atoms with Crippen LogP contribution in [0.2, 0.25) is 0 Å². The topological polar surface area (TPSA) is 38.9 Å². The van der Waals surface area contributed by atoms with E-state index in [0.29, 0.717) is 0 Å². The zero-order chi connectivity index (χ0) is 7.56. The first-order valence-corrected chi connectivity index (χ1v) is 2.74. The lowest BCUT2D eigenvalue weighted by molar-refractivity contribution is 0.549. The Hall–Kier alpha value is -1.03. The van der Waals surface area contributed by atoms with Crippen molar-refractivity contribution in [3.63, 3.8) is 0 Å². The summed E-state index contributed by atoms with van der Waals surface area (Å²) >= 11 is 0. The first-order valence-electron chi connectivity index (χ1n) is 2.74. The van der Waals surface area contributed by atoms with Crippen molar-refractivity contribution >= 4 is 0 Å². The van der Waals surface area contributed by atoms with Gasteiger partial charge in [-0.3, -0.25) is 0 Å². The average molecular weight is 144 g/mol. The molecular weight excluding hydrogens is 138 g/mol. The van der Waals surface area contributed by atoms with Gasteiger partial charge >= 0.3 is 0 Å². The van der Waals surface area contributed by atoms with Gasteiger partial charge in [-0.15, -0.1) is 0 Å². The summed E-state index contributed by atoms with van der Waals surface area (Å²) < 4.78 is 24.7. The Morgan fingerprint density at radius 1 is 1.50 bits per heavy atom. The third kappa shape index (κ3) is 1.27. The molecule has 0 fully saturated rings. The molecule has 2 nitrogen and oxygen atoms in total. The number of halogens is 2. The molecule has 0 saturated heterocycles. The van der Waals surface area contributed by atoms with Gasteiger partial charge < -0.3 is 5.73 Å². The fourth-order valence-corrected chi connectivity index (χ4v) is 0.608. The van der Waals surface area contributed by atoms with Crippen LogP contribution in [0.25, 0.3) is 0 Å². The highest BCUT2D eigenvalue weighted by Crippen LogP contribution is 2.04. The third-order valence-corrected chi connectivity index (χ3v) is 1.12. The van der Waals surface area contributed by atoms with Crippen molar-refractivity contribution in [2.75, 3.05) is 0 Å². The first-order chi connectivity index (χ1) is 4.74. The molecule has 4 heteroatoms. The van der Waals surface area contributed by atoms with Crippen molar-refractivity contribution < 1.29 is 8.78 Å². The summed E-state index contributed by atoms with van der Waals surface area (Å²) in [5.41, 5.74) is 5.23. The smallest absolute Gasteiger partial charge is 0.213 e. The van der Waals surface area contributed by atoms with Gasteiger partial charge in [0.2, 0.25) is 5.95 Å². The number of rotatable bonds is 1. The van der Waals surface area contributed by atoms with E-state index >= 15 is 0 Å². The zero-order valence-corrected chi connectivity index (χ0v) is 5.14. The van der Waals surface area contributed by atoms with E-state index in [1.165, 1.54) is 0 Å². The number of nitrogens with two attached hydrogens (primary N) is 1. The summed E-state index contributed by atoms with van der Waals surface area (Å²) in [4.78, 5) is 3.09. The Kier molecular flexibility index (Phi) is 1.91. The lowest BCUT2D eigenvalue weighted by atomic mass is 10.2. The standard InChI is InChI=1S/C6H6F2N2/c7-5-3-10-6(8)1-4(5)2-9/h1,3H,2,9H2. The molecular formula is C6H6F2N2. The monoisotopic (exact) mass is 144 g/mol. The maximum atomic E-state index is 12.5. The van der Waals surface area contributed by atoms with Crippen LogP contribution in [0.5, 0.6) is 0 Å². The van der Waals surface area contributed by atoms with Gasteiger partial charge in [0.15, 0.2) is 0 Å². The maximum Gasteiger partial charge on any atom is 0.213 e. The molecule has 0 aliphatic heterocycles. The second-order valence-electron chi connectivity index (χ2n) is 1.80. The van der Waals surface area contributed by atoms with Crippen LogP contribution in [-0.4, -0.2) is 4.98 Å². The van der Waals surface area contributed by atoms with Gasteiger partial charge in [-0.25, -0.2) is 9.37 Å². The van der Waals surface area contributed by atoms with Crippen LogP contribution in [0.4, 0.5) is 8.78 Å². The van der Waals surface area contributed by atoms with Crippen molar-refractivity contribution in [2.45, 2.75) is 6.54 Å². The van der Waals surface area contributed by atoms with Crippen LogP contribution < -0.4 is 5.73 Å². The molecule has 0 aromatic carbocycles. The molecule has 1 rings (SSSR count). The van der Waals surface area contributed by atoms with Gasteiger partial charge in [-0.05, 0) is 0 Å². The predicted octanol–water partition coefficient (Wildman–Crippen LogP) is 0.819. The van der Waals surface area contributed by atoms with E-state index < -0.39 is 11.8 Å². The second-order valence-corrected chi connectivity index (χ2v) is 1.80. The van der Waals surface area contributed by atoms with E-state index in [1.807, 2.05) is 0 Å². The van der Waals surface area contributed by atoms with Gasteiger partial charge in [0, 0.05) is 18.2 Å². The molecule has 10 heavy (non-hydrogen) atoms. The molecule has 0 spiro atoms. The number of aromatic nitrogens is 1. The van der Waals surface area contributed by atoms with Crippen molar-refractivity contribution in [1.29, 1.82) is 0 Å². The lowest BCUT2D eigenvalue weighted by Gasteiger charge is -1.96. The SMILES string of the molecule is NCc1cc(F)ncc1F. The highest BCUT2D eigenvalue weighted by molar-refractivity contribution is 5.12. The van der Waals surface area contributed by atoms with Crippen LogP contribution in [-0.2, 0) is 6.54 Å². The molecule has 0 aliphatic carbocycles. The second kappa shape index (κ2) is 2.70. The zero-order valence-electron chi connectivity index (χ0n) is 5.14. The van der Waals surface area contributed by atoms with Gasteiger partial charge in [0.25, 0.3) is 0 Å². The van der Waals surface area contributed by atoms with E-state index in [-0.39, 0.29) is 12.1 Å². The van der Waals surface area contributed by atoms with Crippen molar-refractivity contribution in [3.8, 4) is 0 Å². The van der Waals surface area contributed by atoms with Gasteiger partial charge in [0.1, 0.15) is 5.82 Å². The van der Waals surface area contributed by atoms with Crippen molar-refractivity contribution in [1.82, 2.24) is 4.98 Å². The molecule has 0 bridgehead atoms. The summed E-state index contributed by atoms with van der Waals surface area (Å²) in [5.74, 6) is -1.27. The highest BCUT2D eigenvalue weighted by Gasteiger charge is 2.00. The van der Waals surface area contributed by atoms with Gasteiger partial charge in [0.05, 0.1) is 6.20 Å². The Morgan fingerprint density at radius 2 is 2.20 bits per heavy atom. The maximum absolute atomic E-state index is 12.5. The van der Waals surface area contributed by atoms with Crippen LogP contribution in [0.1, 0.15) is 5.56 Å². The van der Waals surface area contributed by atoms with E-state index in [2.05, 4.69) is 4.98 Å². The minimum absolute atomic E-state index is 0.00866. The predicted molar refractivity (Wildman–Crippen MR) is 32.0 cm³/mol. The fourth-order valence-electron chi connectivity index (χ4n) is 0.608. The Morgan fingerprint density at radius 3 is 2.70 bits per heavy atom. The minimum atomic E-state index is -0.707. The normalized spacial score (nSPS) is 9.90. The number of pyridine rings is 1. The summed E-state index contributed by atoms with van der Waals surface area (Å²) in [6, 6.07) is 0.981. The highest BCUT2D eigenvalue weighted by atomic mass is 19.1. The molecule has 0 aliphatic rings. The van der Waals surface area contributed by atoms with E-state index in [4.69, 9.17) is 5.73 Å². The molecule has 0 radical (unpaired) electrons. The summed E-state index contributed by atoms with van der Waals surface area (Å²) in [5, 5.41) is 0.